The zero-order chi connectivity index (χ0) is 22.2. The van der Waals surface area contributed by atoms with Crippen molar-refractivity contribution < 1.29 is 22.6 Å². The first-order valence-corrected chi connectivity index (χ1v) is 10.4. The molecule has 0 aromatic carbocycles. The molecule has 6 nitrogen and oxygen atoms in total. The molecule has 30 heavy (non-hydrogen) atoms. The average Bonchev–Trinajstić information content (AvgIpc) is 2.68. The Morgan fingerprint density at radius 2 is 2.03 bits per heavy atom. The van der Waals surface area contributed by atoms with Gasteiger partial charge in [0.25, 0.3) is 0 Å². The van der Waals surface area contributed by atoms with E-state index in [-0.39, 0.29) is 17.4 Å². The number of nitrogens with zero attached hydrogens (tertiary/aromatic N) is 2. The monoisotopic (exact) mass is 430 g/mol. The molecule has 1 aromatic rings. The van der Waals surface area contributed by atoms with E-state index in [4.69, 9.17) is 4.74 Å². The molecule has 2 heterocycles. The molecule has 0 radical (unpaired) electrons. The number of nitrogens with one attached hydrogen (secondary N) is 2. The summed E-state index contributed by atoms with van der Waals surface area (Å²) in [6.07, 6.45) is -0.552. The molecule has 1 aliphatic heterocycles. The van der Waals surface area contributed by atoms with Gasteiger partial charge in [0, 0.05) is 37.9 Å². The number of pyridine rings is 1. The van der Waals surface area contributed by atoms with E-state index < -0.39 is 12.8 Å². The lowest BCUT2D eigenvalue weighted by atomic mass is 9.78. The van der Waals surface area contributed by atoms with Gasteiger partial charge in [-0.2, -0.15) is 13.2 Å². The largest absolute Gasteiger partial charge is 0.468 e. The minimum absolute atomic E-state index is 0.0596. The Bertz CT molecular complexity index is 672. The first kappa shape index (κ1) is 24.2. The van der Waals surface area contributed by atoms with Gasteiger partial charge < -0.3 is 20.1 Å². The van der Waals surface area contributed by atoms with E-state index in [0.29, 0.717) is 18.4 Å². The van der Waals surface area contributed by atoms with Crippen molar-refractivity contribution in [2.24, 2.45) is 16.3 Å². The summed E-state index contributed by atoms with van der Waals surface area (Å²) >= 11 is 0. The lowest BCUT2D eigenvalue weighted by Gasteiger charge is -2.40. The predicted octanol–water partition coefficient (Wildman–Crippen LogP) is 3.92. The molecule has 1 fully saturated rings. The van der Waals surface area contributed by atoms with Gasteiger partial charge in [-0.3, -0.25) is 0 Å². The number of halogens is 3. The molecule has 0 amide bonds. The molecule has 2 unspecified atom stereocenters. The summed E-state index contributed by atoms with van der Waals surface area (Å²) in [5.74, 6) is 1.03. The number of hydrogen-bond acceptors (Lipinski definition) is 4. The van der Waals surface area contributed by atoms with Crippen molar-refractivity contribution in [2.75, 3.05) is 26.3 Å². The molecule has 0 spiro atoms. The van der Waals surface area contributed by atoms with Crippen LogP contribution >= 0.6 is 0 Å². The zero-order valence-electron chi connectivity index (χ0n) is 18.2. The highest BCUT2D eigenvalue weighted by Crippen LogP contribution is 2.33. The van der Waals surface area contributed by atoms with E-state index in [1.54, 1.807) is 6.07 Å². The van der Waals surface area contributed by atoms with Crippen LogP contribution in [0.2, 0.25) is 0 Å². The second-order valence-electron chi connectivity index (χ2n) is 8.54. The summed E-state index contributed by atoms with van der Waals surface area (Å²) in [6, 6.07) is 3.08. The number of guanidine groups is 1. The molecule has 1 aliphatic rings. The first-order valence-electron chi connectivity index (χ1n) is 10.4. The third kappa shape index (κ3) is 8.38. The van der Waals surface area contributed by atoms with Crippen molar-refractivity contribution in [3.63, 3.8) is 0 Å². The van der Waals surface area contributed by atoms with Gasteiger partial charge in [-0.05, 0) is 30.7 Å². The summed E-state index contributed by atoms with van der Waals surface area (Å²) in [7, 11) is 0. The van der Waals surface area contributed by atoms with Crippen molar-refractivity contribution in [1.82, 2.24) is 15.6 Å². The maximum Gasteiger partial charge on any atom is 0.422 e. The van der Waals surface area contributed by atoms with Crippen molar-refractivity contribution in [1.29, 1.82) is 0 Å². The van der Waals surface area contributed by atoms with Gasteiger partial charge >= 0.3 is 6.18 Å². The molecule has 2 rings (SSSR count). The molecule has 0 saturated carbocycles. The van der Waals surface area contributed by atoms with Gasteiger partial charge in [0.2, 0.25) is 5.88 Å². The summed E-state index contributed by atoms with van der Waals surface area (Å²) < 4.78 is 47.3. The number of hydrogen-bond donors (Lipinski definition) is 2. The topological polar surface area (TPSA) is 67.8 Å². The van der Waals surface area contributed by atoms with Gasteiger partial charge in [-0.1, -0.05) is 26.8 Å². The van der Waals surface area contributed by atoms with Crippen LogP contribution in [0.4, 0.5) is 13.2 Å². The standard InChI is InChI=1S/C21H33F3N4O2/c1-5-25-19(28-13-16-7-6-10-29-18(16)20(2,3)4)27-12-15-8-9-17(26-11-15)30-14-21(22,23)24/h8-9,11,16,18H,5-7,10,12-14H2,1-4H3,(H2,25,27,28). The van der Waals surface area contributed by atoms with E-state index in [2.05, 4.69) is 46.1 Å². The zero-order valence-corrected chi connectivity index (χ0v) is 18.2. The van der Waals surface area contributed by atoms with Crippen LogP contribution in [0.1, 0.15) is 46.1 Å². The third-order valence-corrected chi connectivity index (χ3v) is 4.78. The van der Waals surface area contributed by atoms with E-state index in [0.717, 1.165) is 38.1 Å². The Morgan fingerprint density at radius 1 is 1.27 bits per heavy atom. The number of aliphatic imine (C=N–C) groups is 1. The van der Waals surface area contributed by atoms with E-state index in [9.17, 15) is 13.2 Å². The average molecular weight is 431 g/mol. The van der Waals surface area contributed by atoms with Crippen molar-refractivity contribution in [3.05, 3.63) is 23.9 Å². The minimum Gasteiger partial charge on any atom is -0.468 e. The summed E-state index contributed by atoms with van der Waals surface area (Å²) in [5.41, 5.74) is 0.851. The van der Waals surface area contributed by atoms with Gasteiger partial charge in [0.05, 0.1) is 12.6 Å². The number of aromatic nitrogens is 1. The van der Waals surface area contributed by atoms with Crippen LogP contribution in [0.3, 0.4) is 0 Å². The maximum absolute atomic E-state index is 12.2. The Morgan fingerprint density at radius 3 is 2.63 bits per heavy atom. The van der Waals surface area contributed by atoms with E-state index >= 15 is 0 Å². The highest BCUT2D eigenvalue weighted by atomic mass is 19.4. The molecule has 1 saturated heterocycles. The summed E-state index contributed by atoms with van der Waals surface area (Å²) in [5, 5.41) is 6.62. The molecule has 2 atom stereocenters. The number of rotatable bonds is 7. The highest BCUT2D eigenvalue weighted by Gasteiger charge is 2.35. The Hall–Kier alpha value is -2.03. The fourth-order valence-electron chi connectivity index (χ4n) is 3.49. The van der Waals surface area contributed by atoms with E-state index in [1.165, 1.54) is 12.3 Å². The van der Waals surface area contributed by atoms with Crippen LogP contribution in [-0.2, 0) is 11.3 Å². The van der Waals surface area contributed by atoms with Gasteiger partial charge in [-0.15, -0.1) is 0 Å². The molecule has 170 valence electrons. The minimum atomic E-state index is -4.38. The number of ether oxygens (including phenoxy) is 2. The quantitative estimate of drug-likeness (QED) is 0.507. The Labute approximate surface area is 176 Å². The van der Waals surface area contributed by atoms with Crippen molar-refractivity contribution >= 4 is 5.96 Å². The molecule has 0 bridgehead atoms. The predicted molar refractivity (Wildman–Crippen MR) is 111 cm³/mol. The second-order valence-corrected chi connectivity index (χ2v) is 8.54. The molecule has 0 aliphatic carbocycles. The van der Waals surface area contributed by atoms with Crippen LogP contribution < -0.4 is 15.4 Å². The summed E-state index contributed by atoms with van der Waals surface area (Å²) in [4.78, 5) is 8.48. The number of alkyl halides is 3. The smallest absolute Gasteiger partial charge is 0.422 e. The molecule has 1 aromatic heterocycles. The van der Waals surface area contributed by atoms with E-state index in [1.807, 2.05) is 6.92 Å². The fraction of sp³-hybridized carbons (Fsp3) is 0.714. The maximum atomic E-state index is 12.2. The second kappa shape index (κ2) is 10.8. The fourth-order valence-corrected chi connectivity index (χ4v) is 3.49. The van der Waals surface area contributed by atoms with Crippen LogP contribution in [0, 0.1) is 11.3 Å². The molecular formula is C21H33F3N4O2. The first-order chi connectivity index (χ1) is 14.1. The van der Waals surface area contributed by atoms with Gasteiger partial charge in [-0.25, -0.2) is 9.98 Å². The summed E-state index contributed by atoms with van der Waals surface area (Å²) in [6.45, 7) is 9.88. The molecule has 2 N–H and O–H groups in total. The molecule has 9 heteroatoms. The van der Waals surface area contributed by atoms with Crippen LogP contribution in [0.15, 0.2) is 23.3 Å². The lowest BCUT2D eigenvalue weighted by Crippen LogP contribution is -2.47. The SMILES string of the molecule is CCNC(=NCc1ccc(OCC(F)(F)F)nc1)NCC1CCCOC1C(C)(C)C. The van der Waals surface area contributed by atoms with Crippen LogP contribution in [-0.4, -0.2) is 49.5 Å². The lowest BCUT2D eigenvalue weighted by molar-refractivity contribution is -0.154. The van der Waals surface area contributed by atoms with Gasteiger partial charge in [0.15, 0.2) is 12.6 Å². The Balaban J connectivity index is 1.92. The van der Waals surface area contributed by atoms with Gasteiger partial charge in [0.1, 0.15) is 0 Å². The third-order valence-electron chi connectivity index (χ3n) is 4.78. The molecular weight excluding hydrogens is 397 g/mol. The Kier molecular flexibility index (Phi) is 8.76. The van der Waals surface area contributed by atoms with Crippen molar-refractivity contribution in [2.45, 2.75) is 59.4 Å². The normalized spacial score (nSPS) is 20.7. The van der Waals surface area contributed by atoms with Crippen LogP contribution in [0.25, 0.3) is 0 Å². The van der Waals surface area contributed by atoms with Crippen LogP contribution in [0.5, 0.6) is 5.88 Å². The van der Waals surface area contributed by atoms with Crippen molar-refractivity contribution in [3.8, 4) is 5.88 Å². The highest BCUT2D eigenvalue weighted by molar-refractivity contribution is 5.79.